The standard InChI is InChI=1S/C12H13ClF3NO3/c1-17(6-10(18)12(14,15)16)11(19)7-3-4-8(13)9(5-7)20-2/h3-5,10,18H,6H2,1-2H3/t10-/m1/s1. The summed E-state index contributed by atoms with van der Waals surface area (Å²) in [5.74, 6) is -0.439. The lowest BCUT2D eigenvalue weighted by molar-refractivity contribution is -0.205. The van der Waals surface area contributed by atoms with Crippen molar-refractivity contribution in [2.24, 2.45) is 0 Å². The van der Waals surface area contributed by atoms with Crippen LogP contribution in [0.5, 0.6) is 5.75 Å². The van der Waals surface area contributed by atoms with Crippen molar-refractivity contribution in [1.29, 1.82) is 0 Å². The monoisotopic (exact) mass is 311 g/mol. The van der Waals surface area contributed by atoms with E-state index in [0.717, 1.165) is 4.90 Å². The lowest BCUT2D eigenvalue weighted by Crippen LogP contribution is -2.41. The van der Waals surface area contributed by atoms with Gasteiger partial charge in [-0.2, -0.15) is 13.2 Å². The predicted octanol–water partition coefficient (Wildman–Crippen LogP) is 2.34. The van der Waals surface area contributed by atoms with Crippen molar-refractivity contribution < 1.29 is 27.8 Å². The van der Waals surface area contributed by atoms with E-state index in [1.807, 2.05) is 0 Å². The maximum Gasteiger partial charge on any atom is 0.416 e. The van der Waals surface area contributed by atoms with Gasteiger partial charge in [0.05, 0.1) is 18.7 Å². The number of likely N-dealkylation sites (N-methyl/N-ethyl adjacent to an activating group) is 1. The van der Waals surface area contributed by atoms with E-state index in [4.69, 9.17) is 21.4 Å². The zero-order valence-corrected chi connectivity index (χ0v) is 11.5. The molecule has 0 aliphatic heterocycles. The van der Waals surface area contributed by atoms with E-state index in [-0.39, 0.29) is 16.3 Å². The second kappa shape index (κ2) is 6.32. The molecule has 0 aliphatic carbocycles. The van der Waals surface area contributed by atoms with E-state index >= 15 is 0 Å². The number of carbonyl (C=O) groups excluding carboxylic acids is 1. The van der Waals surface area contributed by atoms with Crippen LogP contribution in [0.1, 0.15) is 10.4 Å². The van der Waals surface area contributed by atoms with Crippen molar-refractivity contribution in [2.75, 3.05) is 20.7 Å². The molecule has 0 spiro atoms. The van der Waals surface area contributed by atoms with Crippen molar-refractivity contribution in [3.05, 3.63) is 28.8 Å². The molecule has 8 heteroatoms. The first-order valence-corrected chi connectivity index (χ1v) is 5.88. The Hall–Kier alpha value is -1.47. The Balaban J connectivity index is 2.84. The summed E-state index contributed by atoms with van der Waals surface area (Å²) in [4.78, 5) is 12.7. The van der Waals surface area contributed by atoms with Crippen LogP contribution in [0.4, 0.5) is 13.2 Å². The number of carbonyl (C=O) groups is 1. The molecule has 1 N–H and O–H groups in total. The van der Waals surface area contributed by atoms with Crippen LogP contribution in [0.15, 0.2) is 18.2 Å². The normalized spacial score (nSPS) is 12.9. The second-order valence-corrected chi connectivity index (χ2v) is 4.50. The van der Waals surface area contributed by atoms with Crippen LogP contribution >= 0.6 is 11.6 Å². The fourth-order valence-corrected chi connectivity index (χ4v) is 1.65. The highest BCUT2D eigenvalue weighted by molar-refractivity contribution is 6.32. The lowest BCUT2D eigenvalue weighted by Gasteiger charge is -2.22. The third kappa shape index (κ3) is 4.01. The number of methoxy groups -OCH3 is 1. The molecule has 1 aromatic carbocycles. The maximum absolute atomic E-state index is 12.2. The Morgan fingerprint density at radius 1 is 1.50 bits per heavy atom. The number of nitrogens with zero attached hydrogens (tertiary/aromatic N) is 1. The zero-order chi connectivity index (χ0) is 15.5. The summed E-state index contributed by atoms with van der Waals surface area (Å²) in [5.41, 5.74) is 0.114. The smallest absolute Gasteiger partial charge is 0.416 e. The molecule has 0 aromatic heterocycles. The van der Waals surface area contributed by atoms with Gasteiger partial charge in [-0.1, -0.05) is 11.6 Å². The zero-order valence-electron chi connectivity index (χ0n) is 10.7. The van der Waals surface area contributed by atoms with Gasteiger partial charge in [0.15, 0.2) is 6.10 Å². The van der Waals surface area contributed by atoms with Crippen LogP contribution in [0.3, 0.4) is 0 Å². The molecule has 20 heavy (non-hydrogen) atoms. The van der Waals surface area contributed by atoms with Crippen LogP contribution in [0.25, 0.3) is 0 Å². The van der Waals surface area contributed by atoms with Crippen molar-refractivity contribution in [2.45, 2.75) is 12.3 Å². The summed E-state index contributed by atoms with van der Waals surface area (Å²) in [7, 11) is 2.52. The minimum Gasteiger partial charge on any atom is -0.495 e. The molecule has 4 nitrogen and oxygen atoms in total. The van der Waals surface area contributed by atoms with Gasteiger partial charge in [0.25, 0.3) is 5.91 Å². The van der Waals surface area contributed by atoms with E-state index in [9.17, 15) is 18.0 Å². The van der Waals surface area contributed by atoms with Crippen LogP contribution in [0.2, 0.25) is 5.02 Å². The first kappa shape index (κ1) is 16.6. The summed E-state index contributed by atoms with van der Waals surface area (Å²) in [6, 6.07) is 4.09. The number of aliphatic hydroxyl groups is 1. The third-order valence-corrected chi connectivity index (χ3v) is 2.88. The van der Waals surface area contributed by atoms with Crippen LogP contribution in [-0.2, 0) is 0 Å². The Kier molecular flexibility index (Phi) is 5.24. The number of hydrogen-bond acceptors (Lipinski definition) is 3. The van der Waals surface area contributed by atoms with Gasteiger partial charge in [-0.05, 0) is 18.2 Å². The molecule has 0 saturated heterocycles. The largest absolute Gasteiger partial charge is 0.495 e. The molecule has 1 atom stereocenters. The van der Waals surface area contributed by atoms with Gasteiger partial charge in [-0.15, -0.1) is 0 Å². The van der Waals surface area contributed by atoms with Crippen molar-refractivity contribution in [1.82, 2.24) is 4.90 Å². The number of aliphatic hydroxyl groups excluding tert-OH is 1. The highest BCUT2D eigenvalue weighted by Gasteiger charge is 2.39. The predicted molar refractivity (Wildman–Crippen MR) is 67.0 cm³/mol. The maximum atomic E-state index is 12.2. The first-order valence-electron chi connectivity index (χ1n) is 5.50. The molecule has 0 fully saturated rings. The number of benzene rings is 1. The molecule has 1 rings (SSSR count). The van der Waals surface area contributed by atoms with Gasteiger partial charge < -0.3 is 14.7 Å². The van der Waals surface area contributed by atoms with Crippen LogP contribution < -0.4 is 4.74 Å². The van der Waals surface area contributed by atoms with Gasteiger partial charge in [0, 0.05) is 12.6 Å². The van der Waals surface area contributed by atoms with Gasteiger partial charge >= 0.3 is 6.18 Å². The third-order valence-electron chi connectivity index (χ3n) is 2.57. The molecule has 1 amide bonds. The average Bonchev–Trinajstić information content (AvgIpc) is 2.37. The summed E-state index contributed by atoms with van der Waals surface area (Å²) in [6.07, 6.45) is -7.36. The number of alkyl halides is 3. The number of ether oxygens (including phenoxy) is 1. The highest BCUT2D eigenvalue weighted by atomic mass is 35.5. The van der Waals surface area contributed by atoms with E-state index in [0.29, 0.717) is 0 Å². The Labute approximate surface area is 118 Å². The second-order valence-electron chi connectivity index (χ2n) is 4.09. The highest BCUT2D eigenvalue weighted by Crippen LogP contribution is 2.26. The Morgan fingerprint density at radius 2 is 2.10 bits per heavy atom. The number of halogens is 4. The van der Waals surface area contributed by atoms with E-state index in [1.165, 1.54) is 32.4 Å². The Bertz CT molecular complexity index is 493. The summed E-state index contributed by atoms with van der Waals surface area (Å²) < 4.78 is 41.6. The lowest BCUT2D eigenvalue weighted by atomic mass is 10.2. The molecular weight excluding hydrogens is 299 g/mol. The van der Waals surface area contributed by atoms with Gasteiger partial charge in [-0.3, -0.25) is 4.79 Å². The summed E-state index contributed by atoms with van der Waals surface area (Å²) in [6.45, 7) is -0.854. The van der Waals surface area contributed by atoms with Crippen molar-refractivity contribution >= 4 is 17.5 Å². The minimum absolute atomic E-state index is 0.114. The number of amides is 1. The molecule has 112 valence electrons. The fourth-order valence-electron chi connectivity index (χ4n) is 1.46. The number of hydrogen-bond donors (Lipinski definition) is 1. The molecule has 0 heterocycles. The van der Waals surface area contributed by atoms with E-state index < -0.39 is 24.7 Å². The molecule has 0 unspecified atom stereocenters. The number of rotatable bonds is 4. The SMILES string of the molecule is COc1cc(C(=O)N(C)C[C@@H](O)C(F)(F)F)ccc1Cl. The van der Waals surface area contributed by atoms with Gasteiger partial charge in [-0.25, -0.2) is 0 Å². The minimum atomic E-state index is -4.77. The van der Waals surface area contributed by atoms with Crippen LogP contribution in [0, 0.1) is 0 Å². The van der Waals surface area contributed by atoms with Crippen LogP contribution in [-0.4, -0.2) is 48.9 Å². The van der Waals surface area contributed by atoms with Gasteiger partial charge in [0.2, 0.25) is 0 Å². The first-order chi connectivity index (χ1) is 9.16. The average molecular weight is 312 g/mol. The van der Waals surface area contributed by atoms with E-state index in [1.54, 1.807) is 0 Å². The summed E-state index contributed by atoms with van der Waals surface area (Å²) >= 11 is 5.79. The van der Waals surface area contributed by atoms with E-state index in [2.05, 4.69) is 0 Å². The molecule has 0 radical (unpaired) electrons. The molecular formula is C12H13ClF3NO3. The summed E-state index contributed by atoms with van der Waals surface area (Å²) in [5, 5.41) is 9.21. The van der Waals surface area contributed by atoms with Gasteiger partial charge in [0.1, 0.15) is 5.75 Å². The molecule has 0 aliphatic rings. The van der Waals surface area contributed by atoms with Crippen molar-refractivity contribution in [3.63, 3.8) is 0 Å². The fraction of sp³-hybridized carbons (Fsp3) is 0.417. The van der Waals surface area contributed by atoms with Crippen molar-refractivity contribution in [3.8, 4) is 5.75 Å². The molecule has 0 bridgehead atoms. The molecule has 1 aromatic rings. The quantitative estimate of drug-likeness (QED) is 0.928. The molecule has 0 saturated carbocycles. The topological polar surface area (TPSA) is 49.8 Å². The Morgan fingerprint density at radius 3 is 2.60 bits per heavy atom.